The number of nitrogens with one attached hydrogen (secondary N) is 1. The molecule has 2 aromatic carbocycles. The van der Waals surface area contributed by atoms with E-state index in [9.17, 15) is 0 Å². The maximum atomic E-state index is 8.44. The van der Waals surface area contributed by atoms with Gasteiger partial charge in [-0.1, -0.05) is 86.7 Å². The Kier molecular flexibility index (Phi) is 6.90. The quantitative estimate of drug-likeness (QED) is 0.425. The SMILES string of the molecule is C=C(CC)C(C)[C@H](C)N(C)/C(=N\C(=N)c1ccccc1)c1ccccc1. The summed E-state index contributed by atoms with van der Waals surface area (Å²) in [5.74, 6) is 1.41. The van der Waals surface area contributed by atoms with Crippen molar-refractivity contribution in [3.05, 3.63) is 83.9 Å². The van der Waals surface area contributed by atoms with Crippen molar-refractivity contribution in [3.8, 4) is 0 Å². The van der Waals surface area contributed by atoms with Crippen LogP contribution < -0.4 is 0 Å². The van der Waals surface area contributed by atoms with Crippen molar-refractivity contribution >= 4 is 11.7 Å². The molecule has 2 atom stereocenters. The molecule has 136 valence electrons. The van der Waals surface area contributed by atoms with Crippen molar-refractivity contribution in [3.63, 3.8) is 0 Å². The van der Waals surface area contributed by atoms with E-state index in [1.54, 1.807) is 0 Å². The van der Waals surface area contributed by atoms with Crippen LogP contribution in [0.5, 0.6) is 0 Å². The van der Waals surface area contributed by atoms with Crippen molar-refractivity contribution < 1.29 is 0 Å². The van der Waals surface area contributed by atoms with E-state index in [1.165, 1.54) is 5.57 Å². The Labute approximate surface area is 157 Å². The molecule has 0 bridgehead atoms. The first kappa shape index (κ1) is 19.6. The molecular formula is C23H29N3. The summed E-state index contributed by atoms with van der Waals surface area (Å²) < 4.78 is 0. The van der Waals surface area contributed by atoms with Gasteiger partial charge in [0.1, 0.15) is 5.84 Å². The topological polar surface area (TPSA) is 39.5 Å². The minimum Gasteiger partial charge on any atom is -0.356 e. The van der Waals surface area contributed by atoms with E-state index < -0.39 is 0 Å². The number of hydrogen-bond acceptors (Lipinski definition) is 1. The molecule has 0 aliphatic heterocycles. The lowest BCUT2D eigenvalue weighted by Gasteiger charge is -2.33. The Morgan fingerprint density at radius 1 is 1.00 bits per heavy atom. The number of nitrogens with zero attached hydrogens (tertiary/aromatic N) is 2. The molecule has 0 aliphatic rings. The Morgan fingerprint density at radius 3 is 2.00 bits per heavy atom. The van der Waals surface area contributed by atoms with Gasteiger partial charge in [0.15, 0.2) is 5.84 Å². The van der Waals surface area contributed by atoms with Crippen LogP contribution in [0.1, 0.15) is 38.3 Å². The van der Waals surface area contributed by atoms with Gasteiger partial charge in [-0.15, -0.1) is 0 Å². The molecule has 3 nitrogen and oxygen atoms in total. The maximum absolute atomic E-state index is 8.44. The van der Waals surface area contributed by atoms with Gasteiger partial charge in [-0.2, -0.15) is 0 Å². The van der Waals surface area contributed by atoms with E-state index in [1.807, 2.05) is 67.7 Å². The highest BCUT2D eigenvalue weighted by atomic mass is 15.2. The second-order valence-electron chi connectivity index (χ2n) is 6.67. The lowest BCUT2D eigenvalue weighted by atomic mass is 9.92. The molecule has 0 spiro atoms. The smallest absolute Gasteiger partial charge is 0.154 e. The van der Waals surface area contributed by atoms with Crippen molar-refractivity contribution in [2.45, 2.75) is 33.2 Å². The van der Waals surface area contributed by atoms with Crippen LogP contribution in [0.2, 0.25) is 0 Å². The Morgan fingerprint density at radius 2 is 1.50 bits per heavy atom. The van der Waals surface area contributed by atoms with Gasteiger partial charge in [0.25, 0.3) is 0 Å². The lowest BCUT2D eigenvalue weighted by Crippen LogP contribution is -2.40. The van der Waals surface area contributed by atoms with Gasteiger partial charge >= 0.3 is 0 Å². The summed E-state index contributed by atoms with van der Waals surface area (Å²) in [6.07, 6.45) is 0.969. The molecule has 0 heterocycles. The van der Waals surface area contributed by atoms with Crippen LogP contribution in [0.25, 0.3) is 0 Å². The van der Waals surface area contributed by atoms with E-state index in [4.69, 9.17) is 10.4 Å². The van der Waals surface area contributed by atoms with Gasteiger partial charge in [-0.25, -0.2) is 4.99 Å². The van der Waals surface area contributed by atoms with Crippen LogP contribution in [0.15, 0.2) is 77.8 Å². The zero-order chi connectivity index (χ0) is 19.1. The van der Waals surface area contributed by atoms with E-state index in [2.05, 4.69) is 32.3 Å². The van der Waals surface area contributed by atoms with Gasteiger partial charge in [0.05, 0.1) is 0 Å². The summed E-state index contributed by atoms with van der Waals surface area (Å²) in [6, 6.07) is 20.0. The molecule has 0 saturated heterocycles. The second kappa shape index (κ2) is 9.14. The summed E-state index contributed by atoms with van der Waals surface area (Å²) in [5, 5.41) is 8.44. The third-order valence-corrected chi connectivity index (χ3v) is 5.06. The fourth-order valence-electron chi connectivity index (χ4n) is 2.89. The largest absolute Gasteiger partial charge is 0.356 e. The van der Waals surface area contributed by atoms with Crippen LogP contribution in [-0.4, -0.2) is 29.7 Å². The average molecular weight is 348 g/mol. The average Bonchev–Trinajstić information content (AvgIpc) is 2.70. The summed E-state index contributed by atoms with van der Waals surface area (Å²) in [5.41, 5.74) is 3.06. The molecule has 2 aromatic rings. The maximum Gasteiger partial charge on any atom is 0.154 e. The first-order valence-corrected chi connectivity index (χ1v) is 9.14. The molecule has 0 radical (unpaired) electrons. The molecule has 26 heavy (non-hydrogen) atoms. The van der Waals surface area contributed by atoms with Crippen molar-refractivity contribution in [1.82, 2.24) is 4.90 Å². The van der Waals surface area contributed by atoms with Gasteiger partial charge in [0, 0.05) is 24.2 Å². The van der Waals surface area contributed by atoms with Gasteiger partial charge in [0.2, 0.25) is 0 Å². The van der Waals surface area contributed by atoms with Crippen LogP contribution in [0.4, 0.5) is 0 Å². The predicted molar refractivity (Wildman–Crippen MR) is 112 cm³/mol. The monoisotopic (exact) mass is 347 g/mol. The zero-order valence-electron chi connectivity index (χ0n) is 16.2. The number of benzene rings is 2. The standard InChI is InChI=1S/C23H29N3/c1-6-17(2)18(3)19(4)26(5)23(21-15-11-8-12-16-21)25-22(24)20-13-9-7-10-14-20/h7-16,18-19,24H,2,6H2,1,3-5H3/b24-22?,25-23-/t18?,19-/m0/s1. The fraction of sp³-hybridized carbons (Fsp3) is 0.304. The minimum absolute atomic E-state index is 0.227. The summed E-state index contributed by atoms with van der Waals surface area (Å²) in [6.45, 7) is 10.7. The molecule has 2 rings (SSSR count). The number of amidine groups is 2. The number of hydrogen-bond donors (Lipinski definition) is 1. The van der Waals surface area contributed by atoms with E-state index in [0.29, 0.717) is 5.92 Å². The molecule has 0 amide bonds. The molecule has 0 fully saturated rings. The summed E-state index contributed by atoms with van der Waals surface area (Å²) >= 11 is 0. The summed E-state index contributed by atoms with van der Waals surface area (Å²) in [4.78, 5) is 6.87. The minimum atomic E-state index is 0.227. The number of aliphatic imine (C=N–C) groups is 1. The Balaban J connectivity index is 2.40. The first-order valence-electron chi connectivity index (χ1n) is 9.14. The molecular weight excluding hydrogens is 318 g/mol. The number of rotatable bonds is 6. The third-order valence-electron chi connectivity index (χ3n) is 5.06. The highest BCUT2D eigenvalue weighted by molar-refractivity contribution is 6.10. The predicted octanol–water partition coefficient (Wildman–Crippen LogP) is 5.38. The van der Waals surface area contributed by atoms with Gasteiger partial charge in [-0.3, -0.25) is 5.41 Å². The van der Waals surface area contributed by atoms with Crippen LogP contribution >= 0.6 is 0 Å². The van der Waals surface area contributed by atoms with Crippen LogP contribution in [0.3, 0.4) is 0 Å². The van der Waals surface area contributed by atoms with E-state index in [-0.39, 0.29) is 11.9 Å². The van der Waals surface area contributed by atoms with Crippen molar-refractivity contribution in [2.75, 3.05) is 7.05 Å². The lowest BCUT2D eigenvalue weighted by molar-refractivity contribution is 0.319. The fourth-order valence-corrected chi connectivity index (χ4v) is 2.89. The molecule has 0 aromatic heterocycles. The Bertz CT molecular complexity index is 763. The first-order chi connectivity index (χ1) is 12.5. The summed E-state index contributed by atoms with van der Waals surface area (Å²) in [7, 11) is 2.05. The molecule has 1 unspecified atom stereocenters. The Hall–Kier alpha value is -2.68. The molecule has 1 N–H and O–H groups in total. The third kappa shape index (κ3) is 4.69. The van der Waals surface area contributed by atoms with Crippen LogP contribution in [0, 0.1) is 11.3 Å². The van der Waals surface area contributed by atoms with Crippen LogP contribution in [-0.2, 0) is 0 Å². The molecule has 0 saturated carbocycles. The van der Waals surface area contributed by atoms with Crippen molar-refractivity contribution in [2.24, 2.45) is 10.9 Å². The van der Waals surface area contributed by atoms with Gasteiger partial charge < -0.3 is 4.90 Å². The molecule has 0 aliphatic carbocycles. The highest BCUT2D eigenvalue weighted by Crippen LogP contribution is 2.21. The second-order valence-corrected chi connectivity index (χ2v) is 6.67. The highest BCUT2D eigenvalue weighted by Gasteiger charge is 2.22. The van der Waals surface area contributed by atoms with E-state index >= 15 is 0 Å². The normalized spacial score (nSPS) is 13.8. The van der Waals surface area contributed by atoms with Crippen molar-refractivity contribution in [1.29, 1.82) is 5.41 Å². The van der Waals surface area contributed by atoms with E-state index in [0.717, 1.165) is 23.4 Å². The van der Waals surface area contributed by atoms with Gasteiger partial charge in [-0.05, 0) is 19.3 Å². The zero-order valence-corrected chi connectivity index (χ0v) is 16.2. The molecule has 3 heteroatoms.